The summed E-state index contributed by atoms with van der Waals surface area (Å²) in [5.74, 6) is -1.37. The largest absolute Gasteiger partial charge is 0.480 e. The number of ether oxygens (including phenoxy) is 1. The van der Waals surface area contributed by atoms with Gasteiger partial charge in [0.15, 0.2) is 0 Å². The van der Waals surface area contributed by atoms with Crippen LogP contribution in [0.5, 0.6) is 0 Å². The summed E-state index contributed by atoms with van der Waals surface area (Å²) in [7, 11) is -1.46. The SMILES string of the molecule is C[Si](C)(C)COC(=O)CN(CC(=O)O)c1ccccc1. The van der Waals surface area contributed by atoms with Crippen molar-refractivity contribution in [1.82, 2.24) is 0 Å². The molecule has 0 aliphatic heterocycles. The van der Waals surface area contributed by atoms with E-state index in [1.165, 1.54) is 4.90 Å². The van der Waals surface area contributed by atoms with Crippen molar-refractivity contribution < 1.29 is 19.4 Å². The maximum atomic E-state index is 11.8. The van der Waals surface area contributed by atoms with Gasteiger partial charge in [-0.05, 0) is 12.1 Å². The van der Waals surface area contributed by atoms with Gasteiger partial charge in [0.25, 0.3) is 0 Å². The lowest BCUT2D eigenvalue weighted by Gasteiger charge is -2.23. The lowest BCUT2D eigenvalue weighted by molar-refractivity contribution is -0.140. The minimum absolute atomic E-state index is 0.0548. The second-order valence-electron chi connectivity index (χ2n) is 5.81. The number of carbonyl (C=O) groups excluding carboxylic acids is 1. The van der Waals surface area contributed by atoms with Crippen LogP contribution in [0.2, 0.25) is 19.6 Å². The van der Waals surface area contributed by atoms with Crippen LogP contribution >= 0.6 is 0 Å². The lowest BCUT2D eigenvalue weighted by atomic mass is 10.3. The molecule has 0 fully saturated rings. The predicted molar refractivity (Wildman–Crippen MR) is 80.6 cm³/mol. The van der Waals surface area contributed by atoms with Crippen molar-refractivity contribution >= 4 is 25.7 Å². The molecule has 0 aliphatic carbocycles. The first kappa shape index (κ1) is 16.2. The number of carboxylic acids is 1. The number of hydrogen-bond donors (Lipinski definition) is 1. The summed E-state index contributed by atoms with van der Waals surface area (Å²) in [6.45, 7) is 6.03. The smallest absolute Gasteiger partial charge is 0.325 e. The fourth-order valence-corrected chi connectivity index (χ4v) is 2.13. The van der Waals surface area contributed by atoms with Crippen molar-refractivity contribution in [1.29, 1.82) is 0 Å². The van der Waals surface area contributed by atoms with E-state index < -0.39 is 20.0 Å². The van der Waals surface area contributed by atoms with Crippen LogP contribution in [0.4, 0.5) is 5.69 Å². The van der Waals surface area contributed by atoms with Crippen LogP contribution in [0, 0.1) is 0 Å². The third-order valence-corrected chi connectivity index (χ3v) is 3.44. The van der Waals surface area contributed by atoms with Crippen LogP contribution in [-0.4, -0.2) is 44.4 Å². The van der Waals surface area contributed by atoms with Crippen molar-refractivity contribution in [3.8, 4) is 0 Å². The number of esters is 1. The number of nitrogens with zero attached hydrogens (tertiary/aromatic N) is 1. The second-order valence-corrected chi connectivity index (χ2v) is 11.2. The fourth-order valence-electron chi connectivity index (χ4n) is 1.54. The van der Waals surface area contributed by atoms with Crippen molar-refractivity contribution in [2.75, 3.05) is 24.2 Å². The van der Waals surface area contributed by atoms with Gasteiger partial charge in [0.05, 0.1) is 14.3 Å². The molecule has 0 bridgehead atoms. The number of aliphatic carboxylic acids is 1. The second kappa shape index (κ2) is 7.09. The van der Waals surface area contributed by atoms with Gasteiger partial charge in [0.2, 0.25) is 0 Å². The van der Waals surface area contributed by atoms with E-state index in [1.807, 2.05) is 6.07 Å². The van der Waals surface area contributed by atoms with E-state index in [0.29, 0.717) is 11.9 Å². The lowest BCUT2D eigenvalue weighted by Crippen LogP contribution is -2.37. The summed E-state index contributed by atoms with van der Waals surface area (Å²) < 4.78 is 5.23. The molecule has 20 heavy (non-hydrogen) atoms. The minimum atomic E-state index is -1.46. The summed E-state index contributed by atoms with van der Waals surface area (Å²) >= 11 is 0. The molecule has 1 N–H and O–H groups in total. The molecule has 0 saturated heterocycles. The average Bonchev–Trinajstić information content (AvgIpc) is 2.35. The van der Waals surface area contributed by atoms with Crippen LogP contribution in [0.15, 0.2) is 30.3 Å². The molecular formula is C14H21NO4Si. The van der Waals surface area contributed by atoms with Gasteiger partial charge >= 0.3 is 11.9 Å². The van der Waals surface area contributed by atoms with E-state index in [-0.39, 0.29) is 13.1 Å². The Morgan fingerprint density at radius 3 is 2.25 bits per heavy atom. The summed E-state index contributed by atoms with van der Waals surface area (Å²) in [4.78, 5) is 24.2. The quantitative estimate of drug-likeness (QED) is 0.615. The van der Waals surface area contributed by atoms with Gasteiger partial charge in [-0.2, -0.15) is 0 Å². The Kier molecular flexibility index (Phi) is 5.76. The summed E-state index contributed by atoms with van der Waals surface area (Å²) in [5.41, 5.74) is 0.694. The van der Waals surface area contributed by atoms with Crippen molar-refractivity contribution in [3.63, 3.8) is 0 Å². The van der Waals surface area contributed by atoms with Crippen molar-refractivity contribution in [2.24, 2.45) is 0 Å². The number of carbonyl (C=O) groups is 2. The molecule has 1 aromatic carbocycles. The summed E-state index contributed by atoms with van der Waals surface area (Å²) in [6, 6.07) is 8.99. The molecule has 0 amide bonds. The molecule has 1 aromatic rings. The Labute approximate surface area is 120 Å². The highest BCUT2D eigenvalue weighted by Gasteiger charge is 2.19. The van der Waals surface area contributed by atoms with E-state index in [1.54, 1.807) is 24.3 Å². The molecule has 0 atom stereocenters. The topological polar surface area (TPSA) is 66.8 Å². The third-order valence-electron chi connectivity index (χ3n) is 2.43. The molecule has 0 aliphatic rings. The number of benzene rings is 1. The molecule has 0 saturated carbocycles. The Hall–Kier alpha value is -1.82. The highest BCUT2D eigenvalue weighted by Crippen LogP contribution is 2.13. The van der Waals surface area contributed by atoms with Gasteiger partial charge in [0.1, 0.15) is 13.1 Å². The molecule has 0 aromatic heterocycles. The van der Waals surface area contributed by atoms with Gasteiger partial charge in [-0.1, -0.05) is 37.8 Å². The average molecular weight is 295 g/mol. The molecule has 0 spiro atoms. The highest BCUT2D eigenvalue weighted by atomic mass is 28.3. The van der Waals surface area contributed by atoms with Gasteiger partial charge < -0.3 is 14.7 Å². The first-order valence-electron chi connectivity index (χ1n) is 6.45. The van der Waals surface area contributed by atoms with Crippen molar-refractivity contribution in [3.05, 3.63) is 30.3 Å². The van der Waals surface area contributed by atoms with Crippen LogP contribution < -0.4 is 4.90 Å². The third kappa shape index (κ3) is 6.37. The Morgan fingerprint density at radius 2 is 1.75 bits per heavy atom. The van der Waals surface area contributed by atoms with E-state index in [4.69, 9.17) is 9.84 Å². The normalized spacial score (nSPS) is 10.9. The number of hydrogen-bond acceptors (Lipinski definition) is 4. The van der Waals surface area contributed by atoms with Gasteiger partial charge in [-0.15, -0.1) is 0 Å². The number of rotatable bonds is 7. The van der Waals surface area contributed by atoms with E-state index >= 15 is 0 Å². The first-order valence-corrected chi connectivity index (χ1v) is 10.2. The number of carboxylic acid groups (broad SMARTS) is 1. The zero-order chi connectivity index (χ0) is 15.2. The van der Waals surface area contributed by atoms with Gasteiger partial charge in [0, 0.05) is 5.69 Å². The Bertz CT molecular complexity index is 456. The Balaban J connectivity index is 2.66. The van der Waals surface area contributed by atoms with Gasteiger partial charge in [-0.3, -0.25) is 9.59 Å². The molecule has 5 nitrogen and oxygen atoms in total. The minimum Gasteiger partial charge on any atom is -0.480 e. The van der Waals surface area contributed by atoms with Gasteiger partial charge in [-0.25, -0.2) is 0 Å². The Morgan fingerprint density at radius 1 is 1.15 bits per heavy atom. The molecular weight excluding hydrogens is 274 g/mol. The molecule has 110 valence electrons. The zero-order valence-corrected chi connectivity index (χ0v) is 13.1. The van der Waals surface area contributed by atoms with E-state index in [0.717, 1.165) is 0 Å². The standard InChI is InChI=1S/C14H21NO4Si/c1-20(2,3)11-19-14(18)10-15(9-13(16)17)12-7-5-4-6-8-12/h4-8H,9-11H2,1-3H3,(H,16,17). The van der Waals surface area contributed by atoms with Crippen LogP contribution in [0.25, 0.3) is 0 Å². The fraction of sp³-hybridized carbons (Fsp3) is 0.429. The molecule has 0 heterocycles. The van der Waals surface area contributed by atoms with Crippen molar-refractivity contribution in [2.45, 2.75) is 19.6 Å². The highest BCUT2D eigenvalue weighted by molar-refractivity contribution is 6.76. The van der Waals surface area contributed by atoms with Crippen LogP contribution in [0.3, 0.4) is 0 Å². The monoisotopic (exact) mass is 295 g/mol. The van der Waals surface area contributed by atoms with Crippen LogP contribution in [-0.2, 0) is 14.3 Å². The predicted octanol–water partition coefficient (Wildman–Crippen LogP) is 2.00. The molecule has 1 rings (SSSR count). The maximum Gasteiger partial charge on any atom is 0.325 e. The van der Waals surface area contributed by atoms with Crippen LogP contribution in [0.1, 0.15) is 0 Å². The van der Waals surface area contributed by atoms with E-state index in [9.17, 15) is 9.59 Å². The number of anilines is 1. The zero-order valence-electron chi connectivity index (χ0n) is 12.1. The maximum absolute atomic E-state index is 11.8. The summed E-state index contributed by atoms with van der Waals surface area (Å²) in [6.07, 6.45) is 0.446. The van der Waals surface area contributed by atoms with E-state index in [2.05, 4.69) is 19.6 Å². The first-order chi connectivity index (χ1) is 9.28. The number of para-hydroxylation sites is 1. The molecule has 0 radical (unpaired) electrons. The summed E-state index contributed by atoms with van der Waals surface area (Å²) in [5, 5.41) is 8.93. The molecule has 0 unspecified atom stereocenters. The molecule has 6 heteroatoms.